The second-order valence-corrected chi connectivity index (χ2v) is 4.99. The molecular weight excluding hydrogens is 198 g/mol. The van der Waals surface area contributed by atoms with Gasteiger partial charge in [-0.05, 0) is 39.8 Å². The second kappa shape index (κ2) is 3.78. The number of aromatic nitrogens is 1. The highest BCUT2D eigenvalue weighted by atomic mass is 16.5. The Hall–Kier alpha value is -1.57. The molecule has 0 spiro atoms. The van der Waals surface area contributed by atoms with Crippen molar-refractivity contribution in [2.24, 2.45) is 0 Å². The molecule has 0 radical (unpaired) electrons. The van der Waals surface area contributed by atoms with E-state index in [0.29, 0.717) is 0 Å². The van der Waals surface area contributed by atoms with Gasteiger partial charge in [0.2, 0.25) is 0 Å². The standard InChI is InChI=1S/C14H17NO/c1-10-9-13(16-14(2,3)4)11-7-5-6-8-12(11)15-10/h5-9H,1-4H3. The van der Waals surface area contributed by atoms with Crippen molar-refractivity contribution in [3.63, 3.8) is 0 Å². The monoisotopic (exact) mass is 215 g/mol. The molecule has 16 heavy (non-hydrogen) atoms. The van der Waals surface area contributed by atoms with Crippen LogP contribution in [-0.2, 0) is 0 Å². The highest BCUT2D eigenvalue weighted by Crippen LogP contribution is 2.28. The number of nitrogens with zero attached hydrogens (tertiary/aromatic N) is 1. The highest BCUT2D eigenvalue weighted by Gasteiger charge is 2.14. The van der Waals surface area contributed by atoms with Crippen LogP contribution < -0.4 is 4.74 Å². The van der Waals surface area contributed by atoms with Crippen molar-refractivity contribution in [2.45, 2.75) is 33.3 Å². The first-order valence-corrected chi connectivity index (χ1v) is 5.51. The van der Waals surface area contributed by atoms with Crippen LogP contribution in [0.3, 0.4) is 0 Å². The smallest absolute Gasteiger partial charge is 0.131 e. The molecule has 2 nitrogen and oxygen atoms in total. The molecule has 0 atom stereocenters. The Balaban J connectivity index is 2.59. The lowest BCUT2D eigenvalue weighted by atomic mass is 10.1. The molecule has 0 saturated heterocycles. The third kappa shape index (κ3) is 2.32. The van der Waals surface area contributed by atoms with E-state index in [9.17, 15) is 0 Å². The van der Waals surface area contributed by atoms with Crippen LogP contribution in [0, 0.1) is 6.92 Å². The molecule has 0 aliphatic rings. The van der Waals surface area contributed by atoms with Crippen molar-refractivity contribution in [3.8, 4) is 5.75 Å². The summed E-state index contributed by atoms with van der Waals surface area (Å²) in [5.74, 6) is 0.913. The van der Waals surface area contributed by atoms with Crippen molar-refractivity contribution in [1.29, 1.82) is 0 Å². The Bertz CT molecular complexity index is 512. The SMILES string of the molecule is Cc1cc(OC(C)(C)C)c2ccccc2n1. The number of ether oxygens (including phenoxy) is 1. The topological polar surface area (TPSA) is 22.1 Å². The number of benzene rings is 1. The lowest BCUT2D eigenvalue weighted by molar-refractivity contribution is 0.133. The zero-order valence-corrected chi connectivity index (χ0v) is 10.2. The van der Waals surface area contributed by atoms with Gasteiger partial charge in [0.05, 0.1) is 5.52 Å². The van der Waals surface area contributed by atoms with Gasteiger partial charge in [-0.25, -0.2) is 0 Å². The van der Waals surface area contributed by atoms with E-state index in [0.717, 1.165) is 22.3 Å². The number of hydrogen-bond acceptors (Lipinski definition) is 2. The van der Waals surface area contributed by atoms with Crippen molar-refractivity contribution in [2.75, 3.05) is 0 Å². The van der Waals surface area contributed by atoms with Crippen LogP contribution in [0.2, 0.25) is 0 Å². The number of pyridine rings is 1. The van der Waals surface area contributed by atoms with Crippen LogP contribution in [-0.4, -0.2) is 10.6 Å². The maximum absolute atomic E-state index is 5.96. The number of hydrogen-bond donors (Lipinski definition) is 0. The molecule has 1 aromatic carbocycles. The average molecular weight is 215 g/mol. The Labute approximate surface area is 96.3 Å². The molecule has 0 aliphatic heterocycles. The van der Waals surface area contributed by atoms with Gasteiger partial charge in [-0.15, -0.1) is 0 Å². The molecule has 0 bridgehead atoms. The molecule has 2 aromatic rings. The summed E-state index contributed by atoms with van der Waals surface area (Å²) in [6.45, 7) is 8.15. The zero-order chi connectivity index (χ0) is 11.8. The van der Waals surface area contributed by atoms with Gasteiger partial charge in [0, 0.05) is 17.1 Å². The van der Waals surface area contributed by atoms with E-state index in [1.54, 1.807) is 0 Å². The van der Waals surface area contributed by atoms with Crippen molar-refractivity contribution >= 4 is 10.9 Å². The lowest BCUT2D eigenvalue weighted by Gasteiger charge is -2.22. The van der Waals surface area contributed by atoms with Gasteiger partial charge >= 0.3 is 0 Å². The second-order valence-electron chi connectivity index (χ2n) is 4.99. The molecule has 0 fully saturated rings. The largest absolute Gasteiger partial charge is 0.487 e. The minimum Gasteiger partial charge on any atom is -0.487 e. The predicted octanol–water partition coefficient (Wildman–Crippen LogP) is 3.72. The van der Waals surface area contributed by atoms with Crippen LogP contribution in [0.25, 0.3) is 10.9 Å². The fraction of sp³-hybridized carbons (Fsp3) is 0.357. The average Bonchev–Trinajstić information content (AvgIpc) is 2.14. The van der Waals surface area contributed by atoms with E-state index < -0.39 is 0 Å². The number of aryl methyl sites for hydroxylation is 1. The maximum atomic E-state index is 5.96. The number of rotatable bonds is 1. The number of para-hydroxylation sites is 1. The Morgan fingerprint density at radius 1 is 1.12 bits per heavy atom. The van der Waals surface area contributed by atoms with E-state index >= 15 is 0 Å². The van der Waals surface area contributed by atoms with E-state index in [1.165, 1.54) is 0 Å². The third-order valence-corrected chi connectivity index (χ3v) is 2.22. The minimum atomic E-state index is -0.184. The van der Waals surface area contributed by atoms with E-state index in [2.05, 4.69) is 25.8 Å². The molecule has 0 amide bonds. The molecule has 0 N–H and O–H groups in total. The normalized spacial score (nSPS) is 11.8. The summed E-state index contributed by atoms with van der Waals surface area (Å²) in [4.78, 5) is 4.49. The van der Waals surface area contributed by atoms with Crippen LogP contribution in [0.5, 0.6) is 5.75 Å². The minimum absolute atomic E-state index is 0.184. The first-order valence-electron chi connectivity index (χ1n) is 5.51. The van der Waals surface area contributed by atoms with Gasteiger partial charge in [0.1, 0.15) is 11.4 Å². The molecule has 84 valence electrons. The summed E-state index contributed by atoms with van der Waals surface area (Å²) >= 11 is 0. The van der Waals surface area contributed by atoms with Gasteiger partial charge in [0.25, 0.3) is 0 Å². The fourth-order valence-corrected chi connectivity index (χ4v) is 1.68. The van der Waals surface area contributed by atoms with Gasteiger partial charge in [0.15, 0.2) is 0 Å². The Morgan fingerprint density at radius 3 is 2.50 bits per heavy atom. The lowest BCUT2D eigenvalue weighted by Crippen LogP contribution is -2.23. The van der Waals surface area contributed by atoms with Crippen molar-refractivity contribution in [1.82, 2.24) is 4.98 Å². The summed E-state index contributed by atoms with van der Waals surface area (Å²) in [6, 6.07) is 10.1. The third-order valence-electron chi connectivity index (χ3n) is 2.22. The number of fused-ring (bicyclic) bond motifs is 1. The Morgan fingerprint density at radius 2 is 1.81 bits per heavy atom. The van der Waals surface area contributed by atoms with Crippen molar-refractivity contribution in [3.05, 3.63) is 36.0 Å². The molecule has 2 heteroatoms. The molecule has 0 aliphatic carbocycles. The van der Waals surface area contributed by atoms with Gasteiger partial charge in [-0.2, -0.15) is 0 Å². The first kappa shape index (κ1) is 10.9. The molecule has 0 unspecified atom stereocenters. The molecule has 0 saturated carbocycles. The van der Waals surface area contributed by atoms with Crippen LogP contribution in [0.4, 0.5) is 0 Å². The van der Waals surface area contributed by atoms with Gasteiger partial charge in [-0.3, -0.25) is 4.98 Å². The van der Waals surface area contributed by atoms with Gasteiger partial charge in [-0.1, -0.05) is 12.1 Å². The first-order chi connectivity index (χ1) is 7.46. The molecular formula is C14H17NO. The zero-order valence-electron chi connectivity index (χ0n) is 10.2. The van der Waals surface area contributed by atoms with Crippen LogP contribution in [0.15, 0.2) is 30.3 Å². The summed E-state index contributed by atoms with van der Waals surface area (Å²) in [5.41, 5.74) is 1.79. The molecule has 1 heterocycles. The van der Waals surface area contributed by atoms with Crippen LogP contribution >= 0.6 is 0 Å². The van der Waals surface area contributed by atoms with Gasteiger partial charge < -0.3 is 4.74 Å². The predicted molar refractivity (Wildman–Crippen MR) is 66.9 cm³/mol. The van der Waals surface area contributed by atoms with E-state index in [-0.39, 0.29) is 5.60 Å². The fourth-order valence-electron chi connectivity index (χ4n) is 1.68. The summed E-state index contributed by atoms with van der Waals surface area (Å²) < 4.78 is 5.96. The van der Waals surface area contributed by atoms with E-state index in [1.807, 2.05) is 37.3 Å². The highest BCUT2D eigenvalue weighted by molar-refractivity contribution is 5.85. The summed E-state index contributed by atoms with van der Waals surface area (Å²) in [7, 11) is 0. The summed E-state index contributed by atoms with van der Waals surface area (Å²) in [6.07, 6.45) is 0. The van der Waals surface area contributed by atoms with Crippen LogP contribution in [0.1, 0.15) is 26.5 Å². The van der Waals surface area contributed by atoms with E-state index in [4.69, 9.17) is 4.74 Å². The van der Waals surface area contributed by atoms with Crippen molar-refractivity contribution < 1.29 is 4.74 Å². The Kier molecular flexibility index (Phi) is 2.58. The molecule has 2 rings (SSSR count). The maximum Gasteiger partial charge on any atom is 0.131 e. The quantitative estimate of drug-likeness (QED) is 0.723. The molecule has 1 aromatic heterocycles. The summed E-state index contributed by atoms with van der Waals surface area (Å²) in [5, 5.41) is 1.07.